The van der Waals surface area contributed by atoms with Gasteiger partial charge in [-0.2, -0.15) is 0 Å². The summed E-state index contributed by atoms with van der Waals surface area (Å²) in [7, 11) is -2.29. The molecule has 3 aromatic rings. The number of amides is 1. The van der Waals surface area contributed by atoms with Crippen molar-refractivity contribution in [3.63, 3.8) is 0 Å². The molecule has 0 heterocycles. The molecule has 0 aliphatic rings. The number of hydrogen-bond donors (Lipinski definition) is 2. The molecule has 9 heteroatoms. The van der Waals surface area contributed by atoms with Gasteiger partial charge in [0.15, 0.2) is 6.61 Å². The lowest BCUT2D eigenvalue weighted by Crippen LogP contribution is -2.21. The molecular weight excluding hydrogens is 420 g/mol. The van der Waals surface area contributed by atoms with Crippen LogP contribution < -0.4 is 14.8 Å². The first kappa shape index (κ1) is 21.8. The lowest BCUT2D eigenvalue weighted by atomic mass is 10.2. The summed E-state index contributed by atoms with van der Waals surface area (Å²) in [4.78, 5) is 24.1. The summed E-state index contributed by atoms with van der Waals surface area (Å²) < 4.78 is 37.4. The lowest BCUT2D eigenvalue weighted by molar-refractivity contribution is -0.119. The van der Waals surface area contributed by atoms with Gasteiger partial charge in [-0.05, 0) is 48.5 Å². The van der Waals surface area contributed by atoms with E-state index in [0.29, 0.717) is 17.1 Å². The van der Waals surface area contributed by atoms with Gasteiger partial charge in [0.2, 0.25) is 0 Å². The number of carbonyl (C=O) groups excluding carboxylic acids is 2. The molecule has 0 aliphatic carbocycles. The molecule has 3 rings (SSSR count). The molecule has 3 aromatic carbocycles. The smallest absolute Gasteiger partial charge is 0.338 e. The third kappa shape index (κ3) is 6.06. The summed E-state index contributed by atoms with van der Waals surface area (Å²) in [6.45, 7) is -0.494. The molecule has 8 nitrogen and oxygen atoms in total. The first-order chi connectivity index (χ1) is 14.9. The Morgan fingerprint density at radius 3 is 2.23 bits per heavy atom. The molecule has 0 bridgehead atoms. The van der Waals surface area contributed by atoms with E-state index in [-0.39, 0.29) is 10.5 Å². The predicted octanol–water partition coefficient (Wildman–Crippen LogP) is 3.29. The van der Waals surface area contributed by atoms with Crippen molar-refractivity contribution in [2.75, 3.05) is 23.8 Å². The van der Waals surface area contributed by atoms with Gasteiger partial charge in [0.1, 0.15) is 5.75 Å². The first-order valence-corrected chi connectivity index (χ1v) is 10.6. The van der Waals surface area contributed by atoms with E-state index >= 15 is 0 Å². The zero-order valence-electron chi connectivity index (χ0n) is 16.6. The van der Waals surface area contributed by atoms with Crippen molar-refractivity contribution in [2.24, 2.45) is 0 Å². The molecule has 0 saturated carbocycles. The number of ether oxygens (including phenoxy) is 2. The molecule has 0 aromatic heterocycles. The number of esters is 1. The molecule has 160 valence electrons. The van der Waals surface area contributed by atoms with Gasteiger partial charge in [0.25, 0.3) is 15.9 Å². The summed E-state index contributed by atoms with van der Waals surface area (Å²) in [5.74, 6) is -0.694. The minimum Gasteiger partial charge on any atom is -0.497 e. The zero-order chi connectivity index (χ0) is 22.3. The Morgan fingerprint density at radius 1 is 0.871 bits per heavy atom. The fourth-order valence-electron chi connectivity index (χ4n) is 2.60. The number of anilines is 2. The van der Waals surface area contributed by atoms with E-state index in [1.54, 1.807) is 54.6 Å². The van der Waals surface area contributed by atoms with Crippen molar-refractivity contribution in [3.05, 3.63) is 84.4 Å². The van der Waals surface area contributed by atoms with Crippen LogP contribution in [0.2, 0.25) is 0 Å². The topological polar surface area (TPSA) is 111 Å². The molecule has 0 radical (unpaired) electrons. The summed E-state index contributed by atoms with van der Waals surface area (Å²) in [6, 6.07) is 20.4. The lowest BCUT2D eigenvalue weighted by Gasteiger charge is -2.09. The van der Waals surface area contributed by atoms with Gasteiger partial charge in [-0.3, -0.25) is 9.52 Å². The molecule has 1 amide bonds. The highest BCUT2D eigenvalue weighted by Gasteiger charge is 2.16. The van der Waals surface area contributed by atoms with E-state index in [1.807, 2.05) is 0 Å². The van der Waals surface area contributed by atoms with Crippen LogP contribution in [0.15, 0.2) is 83.8 Å². The zero-order valence-corrected chi connectivity index (χ0v) is 17.4. The molecule has 0 atom stereocenters. The quantitative estimate of drug-likeness (QED) is 0.520. The number of benzene rings is 3. The number of sulfonamides is 1. The van der Waals surface area contributed by atoms with Crippen LogP contribution in [0.4, 0.5) is 11.4 Å². The Kier molecular flexibility index (Phi) is 6.88. The minimum atomic E-state index is -3.80. The number of nitrogens with one attached hydrogen (secondary N) is 2. The van der Waals surface area contributed by atoms with Crippen molar-refractivity contribution < 1.29 is 27.5 Å². The van der Waals surface area contributed by atoms with Crippen molar-refractivity contribution in [3.8, 4) is 5.75 Å². The molecule has 0 spiro atoms. The standard InChI is InChI=1S/C22H20N2O6S/c1-29-19-9-5-8-18(14-19)23-21(25)15-30-22(26)16-10-12-20(13-11-16)31(27,28)24-17-6-3-2-4-7-17/h2-14,24H,15H2,1H3,(H,23,25). The van der Waals surface area contributed by atoms with Gasteiger partial charge in [0, 0.05) is 17.4 Å². The van der Waals surface area contributed by atoms with Gasteiger partial charge in [-0.25, -0.2) is 13.2 Å². The number of hydrogen-bond acceptors (Lipinski definition) is 6. The molecule has 0 saturated heterocycles. The molecule has 0 unspecified atom stereocenters. The average Bonchev–Trinajstić information content (AvgIpc) is 2.78. The van der Waals surface area contributed by atoms with Crippen LogP contribution in [0.3, 0.4) is 0 Å². The summed E-state index contributed by atoms with van der Waals surface area (Å²) in [6.07, 6.45) is 0. The predicted molar refractivity (Wildman–Crippen MR) is 116 cm³/mol. The Hall–Kier alpha value is -3.85. The molecule has 0 fully saturated rings. The van der Waals surface area contributed by atoms with Crippen LogP contribution in [-0.4, -0.2) is 34.0 Å². The minimum absolute atomic E-state index is 0.0105. The van der Waals surface area contributed by atoms with E-state index < -0.39 is 28.5 Å². The van der Waals surface area contributed by atoms with Crippen molar-refractivity contribution in [1.29, 1.82) is 0 Å². The van der Waals surface area contributed by atoms with Crippen LogP contribution in [0.5, 0.6) is 5.75 Å². The molecular formula is C22H20N2O6S. The van der Waals surface area contributed by atoms with Crippen LogP contribution in [-0.2, 0) is 19.6 Å². The third-order valence-corrected chi connectivity index (χ3v) is 5.51. The van der Waals surface area contributed by atoms with Gasteiger partial charge in [-0.15, -0.1) is 0 Å². The van der Waals surface area contributed by atoms with Crippen molar-refractivity contribution in [2.45, 2.75) is 4.90 Å². The normalized spacial score (nSPS) is 10.7. The highest BCUT2D eigenvalue weighted by molar-refractivity contribution is 7.92. The maximum absolute atomic E-state index is 12.4. The van der Waals surface area contributed by atoms with Gasteiger partial charge < -0.3 is 14.8 Å². The number of methoxy groups -OCH3 is 1. The Labute approximate surface area is 179 Å². The number of rotatable bonds is 8. The fraction of sp³-hybridized carbons (Fsp3) is 0.0909. The second kappa shape index (κ2) is 9.77. The van der Waals surface area contributed by atoms with E-state index in [0.717, 1.165) is 0 Å². The first-order valence-electron chi connectivity index (χ1n) is 9.16. The van der Waals surface area contributed by atoms with Gasteiger partial charge in [0.05, 0.1) is 17.6 Å². The van der Waals surface area contributed by atoms with Gasteiger partial charge in [-0.1, -0.05) is 24.3 Å². The van der Waals surface area contributed by atoms with Gasteiger partial charge >= 0.3 is 5.97 Å². The van der Waals surface area contributed by atoms with Crippen LogP contribution in [0.1, 0.15) is 10.4 Å². The maximum atomic E-state index is 12.4. The number of para-hydroxylation sites is 1. The fourth-order valence-corrected chi connectivity index (χ4v) is 3.66. The van der Waals surface area contributed by atoms with E-state index in [9.17, 15) is 18.0 Å². The third-order valence-electron chi connectivity index (χ3n) is 4.11. The van der Waals surface area contributed by atoms with Crippen LogP contribution in [0, 0.1) is 0 Å². The summed E-state index contributed by atoms with van der Waals surface area (Å²) in [5, 5.41) is 2.59. The van der Waals surface area contributed by atoms with E-state index in [2.05, 4.69) is 10.0 Å². The van der Waals surface area contributed by atoms with Crippen molar-refractivity contribution in [1.82, 2.24) is 0 Å². The molecule has 31 heavy (non-hydrogen) atoms. The highest BCUT2D eigenvalue weighted by atomic mass is 32.2. The Bertz CT molecular complexity index is 1160. The second-order valence-electron chi connectivity index (χ2n) is 6.35. The van der Waals surface area contributed by atoms with Crippen molar-refractivity contribution >= 4 is 33.3 Å². The van der Waals surface area contributed by atoms with Crippen LogP contribution >= 0.6 is 0 Å². The Morgan fingerprint density at radius 2 is 1.55 bits per heavy atom. The monoisotopic (exact) mass is 440 g/mol. The average molecular weight is 440 g/mol. The Balaban J connectivity index is 1.56. The maximum Gasteiger partial charge on any atom is 0.338 e. The number of carbonyl (C=O) groups is 2. The largest absolute Gasteiger partial charge is 0.497 e. The second-order valence-corrected chi connectivity index (χ2v) is 8.03. The molecule has 0 aliphatic heterocycles. The SMILES string of the molecule is COc1cccc(NC(=O)COC(=O)c2ccc(S(=O)(=O)Nc3ccccc3)cc2)c1. The van der Waals surface area contributed by atoms with E-state index in [4.69, 9.17) is 9.47 Å². The summed E-state index contributed by atoms with van der Waals surface area (Å²) >= 11 is 0. The van der Waals surface area contributed by atoms with E-state index in [1.165, 1.54) is 31.4 Å². The highest BCUT2D eigenvalue weighted by Crippen LogP contribution is 2.18. The van der Waals surface area contributed by atoms with Crippen LogP contribution in [0.25, 0.3) is 0 Å². The summed E-state index contributed by atoms with van der Waals surface area (Å²) in [5.41, 5.74) is 1.04. The molecule has 2 N–H and O–H groups in total.